The molecule has 0 fully saturated rings. The third-order valence-electron chi connectivity index (χ3n) is 4.11. The number of hydrogen-bond donors (Lipinski definition) is 0. The Balaban J connectivity index is 2.54. The van der Waals surface area contributed by atoms with Gasteiger partial charge in [0.25, 0.3) is 5.56 Å². The molecule has 0 N–H and O–H groups in total. The standard InChI is InChI=1S/C17H18ClN3O2/c1-4-9-21-10-13-14(16(22)20(3)17(23)19(13)2)15(21)11-7-5-6-8-12(11)18/h5-8,10H,4,9H2,1-3H3. The lowest BCUT2D eigenvalue weighted by Crippen LogP contribution is -2.36. The van der Waals surface area contributed by atoms with E-state index < -0.39 is 0 Å². The molecule has 0 amide bonds. The molecule has 1 aromatic carbocycles. The van der Waals surface area contributed by atoms with Gasteiger partial charge in [0.05, 0.1) is 16.6 Å². The summed E-state index contributed by atoms with van der Waals surface area (Å²) in [6, 6.07) is 7.45. The van der Waals surface area contributed by atoms with Crippen LogP contribution in [-0.2, 0) is 20.6 Å². The van der Waals surface area contributed by atoms with Crippen LogP contribution in [0.5, 0.6) is 0 Å². The Morgan fingerprint density at radius 2 is 1.78 bits per heavy atom. The zero-order valence-electron chi connectivity index (χ0n) is 13.3. The van der Waals surface area contributed by atoms with Crippen molar-refractivity contribution in [1.29, 1.82) is 0 Å². The summed E-state index contributed by atoms with van der Waals surface area (Å²) < 4.78 is 4.65. The third-order valence-corrected chi connectivity index (χ3v) is 4.44. The first kappa shape index (κ1) is 15.6. The van der Waals surface area contributed by atoms with E-state index in [2.05, 4.69) is 6.92 Å². The van der Waals surface area contributed by atoms with Gasteiger partial charge in [0.1, 0.15) is 0 Å². The topological polar surface area (TPSA) is 48.9 Å². The van der Waals surface area contributed by atoms with Crippen molar-refractivity contribution in [2.75, 3.05) is 0 Å². The Hall–Kier alpha value is -2.27. The minimum Gasteiger partial charge on any atom is -0.345 e. The third kappa shape index (κ3) is 2.32. The smallest absolute Gasteiger partial charge is 0.330 e. The second kappa shape index (κ2) is 5.74. The van der Waals surface area contributed by atoms with Gasteiger partial charge in [0.2, 0.25) is 0 Å². The fraction of sp³-hybridized carbons (Fsp3) is 0.294. The second-order valence-corrected chi connectivity index (χ2v) is 6.02. The maximum absolute atomic E-state index is 12.7. The number of hydrogen-bond acceptors (Lipinski definition) is 2. The van der Waals surface area contributed by atoms with Crippen molar-refractivity contribution >= 4 is 22.5 Å². The molecular formula is C17H18ClN3O2. The van der Waals surface area contributed by atoms with Crippen LogP contribution in [0.3, 0.4) is 0 Å². The molecule has 2 heterocycles. The minimum atomic E-state index is -0.332. The molecule has 0 aliphatic carbocycles. The quantitative estimate of drug-likeness (QED) is 0.741. The summed E-state index contributed by atoms with van der Waals surface area (Å²) in [6.07, 6.45) is 2.77. The fourth-order valence-corrected chi connectivity index (χ4v) is 3.17. The lowest BCUT2D eigenvalue weighted by molar-refractivity contribution is 0.689. The lowest BCUT2D eigenvalue weighted by atomic mass is 10.1. The largest absolute Gasteiger partial charge is 0.345 e. The fourth-order valence-electron chi connectivity index (χ4n) is 2.95. The molecule has 2 aromatic heterocycles. The molecular weight excluding hydrogens is 314 g/mol. The molecule has 5 nitrogen and oxygen atoms in total. The van der Waals surface area contributed by atoms with Crippen LogP contribution in [0.25, 0.3) is 22.2 Å². The van der Waals surface area contributed by atoms with Crippen LogP contribution in [0.2, 0.25) is 5.02 Å². The Morgan fingerprint density at radius 1 is 1.09 bits per heavy atom. The van der Waals surface area contributed by atoms with E-state index in [0.717, 1.165) is 28.8 Å². The normalized spacial score (nSPS) is 11.3. The van der Waals surface area contributed by atoms with Gasteiger partial charge in [-0.25, -0.2) is 4.79 Å². The molecule has 0 aliphatic rings. The Labute approximate surface area is 138 Å². The van der Waals surface area contributed by atoms with Gasteiger partial charge in [0.15, 0.2) is 0 Å². The molecule has 23 heavy (non-hydrogen) atoms. The molecule has 0 saturated heterocycles. The first-order valence-electron chi connectivity index (χ1n) is 7.51. The number of nitrogens with zero attached hydrogens (tertiary/aromatic N) is 3. The highest BCUT2D eigenvalue weighted by molar-refractivity contribution is 6.33. The molecule has 0 aliphatic heterocycles. The number of aryl methyl sites for hydroxylation is 2. The number of aromatic nitrogens is 3. The van der Waals surface area contributed by atoms with Crippen molar-refractivity contribution in [2.24, 2.45) is 14.1 Å². The van der Waals surface area contributed by atoms with E-state index in [-0.39, 0.29) is 11.2 Å². The molecule has 0 radical (unpaired) electrons. The minimum absolute atomic E-state index is 0.298. The average molecular weight is 332 g/mol. The van der Waals surface area contributed by atoms with Crippen molar-refractivity contribution in [3.8, 4) is 11.3 Å². The van der Waals surface area contributed by atoms with E-state index >= 15 is 0 Å². The van der Waals surface area contributed by atoms with Crippen LogP contribution in [0.15, 0.2) is 40.1 Å². The van der Waals surface area contributed by atoms with Gasteiger partial charge < -0.3 is 4.57 Å². The zero-order valence-corrected chi connectivity index (χ0v) is 14.1. The number of benzene rings is 1. The number of fused-ring (bicyclic) bond motifs is 1. The summed E-state index contributed by atoms with van der Waals surface area (Å²) in [5.41, 5.74) is 1.56. The van der Waals surface area contributed by atoms with E-state index in [1.165, 1.54) is 11.6 Å². The molecule has 0 unspecified atom stereocenters. The van der Waals surface area contributed by atoms with Crippen molar-refractivity contribution in [3.05, 3.63) is 56.3 Å². The van der Waals surface area contributed by atoms with Gasteiger partial charge in [-0.2, -0.15) is 0 Å². The van der Waals surface area contributed by atoms with Crippen LogP contribution in [0.1, 0.15) is 13.3 Å². The van der Waals surface area contributed by atoms with Gasteiger partial charge in [0, 0.05) is 37.4 Å². The summed E-state index contributed by atoms with van der Waals surface area (Å²) >= 11 is 6.36. The summed E-state index contributed by atoms with van der Waals surface area (Å²) in [5, 5.41) is 1.11. The molecule has 6 heteroatoms. The van der Waals surface area contributed by atoms with Crippen LogP contribution >= 0.6 is 11.6 Å². The first-order valence-corrected chi connectivity index (χ1v) is 7.89. The van der Waals surface area contributed by atoms with Crippen molar-refractivity contribution < 1.29 is 0 Å². The summed E-state index contributed by atoms with van der Waals surface area (Å²) in [6.45, 7) is 2.81. The Bertz CT molecular complexity index is 1010. The highest BCUT2D eigenvalue weighted by Crippen LogP contribution is 2.33. The van der Waals surface area contributed by atoms with Gasteiger partial charge in [-0.1, -0.05) is 36.7 Å². The van der Waals surface area contributed by atoms with Crippen LogP contribution in [-0.4, -0.2) is 13.7 Å². The molecule has 0 saturated carbocycles. The summed E-state index contributed by atoms with van der Waals surface area (Å²) in [4.78, 5) is 24.9. The number of rotatable bonds is 3. The predicted octanol–water partition coefficient (Wildman–Crippen LogP) is 2.77. The van der Waals surface area contributed by atoms with E-state index in [0.29, 0.717) is 15.9 Å². The van der Waals surface area contributed by atoms with Gasteiger partial charge in [-0.3, -0.25) is 13.9 Å². The van der Waals surface area contributed by atoms with Crippen molar-refractivity contribution in [3.63, 3.8) is 0 Å². The van der Waals surface area contributed by atoms with Gasteiger partial charge in [-0.05, 0) is 12.5 Å². The second-order valence-electron chi connectivity index (χ2n) is 5.62. The van der Waals surface area contributed by atoms with Gasteiger partial charge >= 0.3 is 5.69 Å². The highest BCUT2D eigenvalue weighted by atomic mass is 35.5. The molecule has 0 bridgehead atoms. The van der Waals surface area contributed by atoms with Crippen LogP contribution in [0, 0.1) is 0 Å². The van der Waals surface area contributed by atoms with E-state index in [9.17, 15) is 9.59 Å². The monoisotopic (exact) mass is 331 g/mol. The van der Waals surface area contributed by atoms with Gasteiger partial charge in [-0.15, -0.1) is 0 Å². The Kier molecular flexibility index (Phi) is 3.90. The SMILES string of the molecule is CCCn1cc2c(c1-c1ccccc1Cl)c(=O)n(C)c(=O)n2C. The van der Waals surface area contributed by atoms with Crippen molar-refractivity contribution in [2.45, 2.75) is 19.9 Å². The summed E-state index contributed by atoms with van der Waals surface area (Å²) in [5.74, 6) is 0. The average Bonchev–Trinajstić information content (AvgIpc) is 2.91. The maximum Gasteiger partial charge on any atom is 0.330 e. The van der Waals surface area contributed by atoms with E-state index in [1.54, 1.807) is 13.1 Å². The number of halogens is 1. The van der Waals surface area contributed by atoms with E-state index in [1.807, 2.05) is 29.0 Å². The van der Waals surface area contributed by atoms with Crippen LogP contribution in [0.4, 0.5) is 0 Å². The first-order chi connectivity index (χ1) is 11.0. The zero-order chi connectivity index (χ0) is 16.7. The molecule has 0 spiro atoms. The highest BCUT2D eigenvalue weighted by Gasteiger charge is 2.20. The molecule has 3 aromatic rings. The summed E-state index contributed by atoms with van der Waals surface area (Å²) in [7, 11) is 3.18. The molecule has 120 valence electrons. The predicted molar refractivity (Wildman–Crippen MR) is 93.2 cm³/mol. The lowest BCUT2D eigenvalue weighted by Gasteiger charge is -2.10. The molecule has 0 atom stereocenters. The Morgan fingerprint density at radius 3 is 2.43 bits per heavy atom. The molecule has 3 rings (SSSR count). The van der Waals surface area contributed by atoms with E-state index in [4.69, 9.17) is 11.6 Å². The maximum atomic E-state index is 12.7. The van der Waals surface area contributed by atoms with Crippen molar-refractivity contribution in [1.82, 2.24) is 13.7 Å². The van der Waals surface area contributed by atoms with Crippen LogP contribution < -0.4 is 11.2 Å².